The van der Waals surface area contributed by atoms with Gasteiger partial charge in [0.25, 0.3) is 0 Å². The second-order valence-corrected chi connectivity index (χ2v) is 5.70. The molecule has 1 aromatic rings. The average molecular weight is 275 g/mol. The lowest BCUT2D eigenvalue weighted by Gasteiger charge is -2.39. The fraction of sp³-hybridized carbons (Fsp3) is 0.625. The number of nitrogens with zero attached hydrogens (tertiary/aromatic N) is 2. The SMILES string of the molecule is CCCCC[C@@H](C)NC(=O)N1CC(c2ccccn2)C1. The Morgan fingerprint density at radius 1 is 1.45 bits per heavy atom. The summed E-state index contributed by atoms with van der Waals surface area (Å²) in [7, 11) is 0. The lowest BCUT2D eigenvalue weighted by molar-refractivity contribution is 0.147. The van der Waals surface area contributed by atoms with E-state index in [1.807, 2.05) is 29.3 Å². The van der Waals surface area contributed by atoms with Gasteiger partial charge in [-0.3, -0.25) is 4.98 Å². The molecule has 1 N–H and O–H groups in total. The Bertz CT molecular complexity index is 415. The standard InChI is InChI=1S/C16H25N3O/c1-3-4-5-8-13(2)18-16(20)19-11-14(12-19)15-9-6-7-10-17-15/h6-7,9-10,13-14H,3-5,8,11-12H2,1-2H3,(H,18,20)/t13-/m1/s1. The summed E-state index contributed by atoms with van der Waals surface area (Å²) in [5.74, 6) is 0.400. The van der Waals surface area contributed by atoms with Crippen LogP contribution < -0.4 is 5.32 Å². The van der Waals surface area contributed by atoms with Gasteiger partial charge in [0.1, 0.15) is 0 Å². The predicted molar refractivity (Wildman–Crippen MR) is 80.7 cm³/mol. The van der Waals surface area contributed by atoms with E-state index in [0.29, 0.717) is 5.92 Å². The molecule has 1 atom stereocenters. The van der Waals surface area contributed by atoms with E-state index < -0.39 is 0 Å². The third-order valence-electron chi connectivity index (χ3n) is 3.89. The second-order valence-electron chi connectivity index (χ2n) is 5.70. The van der Waals surface area contributed by atoms with Crippen molar-refractivity contribution in [2.45, 2.75) is 51.5 Å². The van der Waals surface area contributed by atoms with Crippen LogP contribution in [-0.2, 0) is 0 Å². The Labute approximate surface area is 121 Å². The summed E-state index contributed by atoms with van der Waals surface area (Å²) in [6.07, 6.45) is 6.53. The molecule has 20 heavy (non-hydrogen) atoms. The van der Waals surface area contributed by atoms with Gasteiger partial charge in [0.2, 0.25) is 0 Å². The van der Waals surface area contributed by atoms with E-state index in [1.165, 1.54) is 19.3 Å². The molecule has 0 aromatic carbocycles. The maximum Gasteiger partial charge on any atom is 0.317 e. The van der Waals surface area contributed by atoms with Crippen LogP contribution in [0, 0.1) is 0 Å². The first kappa shape index (κ1) is 14.8. The molecule has 0 spiro atoms. The van der Waals surface area contributed by atoms with Gasteiger partial charge in [-0.15, -0.1) is 0 Å². The Morgan fingerprint density at radius 2 is 2.25 bits per heavy atom. The monoisotopic (exact) mass is 275 g/mol. The van der Waals surface area contributed by atoms with Crippen LogP contribution in [0.5, 0.6) is 0 Å². The molecule has 1 aliphatic heterocycles. The van der Waals surface area contributed by atoms with Crippen molar-refractivity contribution in [1.82, 2.24) is 15.2 Å². The van der Waals surface area contributed by atoms with E-state index in [2.05, 4.69) is 24.1 Å². The Morgan fingerprint density at radius 3 is 2.90 bits per heavy atom. The predicted octanol–water partition coefficient (Wildman–Crippen LogP) is 3.16. The summed E-state index contributed by atoms with van der Waals surface area (Å²) in [6.45, 7) is 5.85. The summed E-state index contributed by atoms with van der Waals surface area (Å²) in [4.78, 5) is 18.3. The van der Waals surface area contributed by atoms with Gasteiger partial charge in [0.15, 0.2) is 0 Å². The fourth-order valence-electron chi connectivity index (χ4n) is 2.52. The second kappa shape index (κ2) is 7.27. The Balaban J connectivity index is 1.68. The van der Waals surface area contributed by atoms with Crippen molar-refractivity contribution in [2.24, 2.45) is 0 Å². The van der Waals surface area contributed by atoms with E-state index in [0.717, 1.165) is 25.2 Å². The highest BCUT2D eigenvalue weighted by Gasteiger charge is 2.32. The number of likely N-dealkylation sites (tertiary alicyclic amines) is 1. The van der Waals surface area contributed by atoms with Gasteiger partial charge in [0.05, 0.1) is 0 Å². The van der Waals surface area contributed by atoms with Crippen LogP contribution in [0.3, 0.4) is 0 Å². The van der Waals surface area contributed by atoms with Gasteiger partial charge in [-0.2, -0.15) is 0 Å². The molecule has 4 nitrogen and oxygen atoms in total. The molecule has 0 saturated carbocycles. The normalized spacial score (nSPS) is 16.6. The van der Waals surface area contributed by atoms with Crippen molar-refractivity contribution >= 4 is 6.03 Å². The van der Waals surface area contributed by atoms with E-state index in [-0.39, 0.29) is 12.1 Å². The van der Waals surface area contributed by atoms with Crippen molar-refractivity contribution in [3.63, 3.8) is 0 Å². The number of pyridine rings is 1. The van der Waals surface area contributed by atoms with E-state index >= 15 is 0 Å². The van der Waals surface area contributed by atoms with Gasteiger partial charge in [-0.1, -0.05) is 32.3 Å². The lowest BCUT2D eigenvalue weighted by atomic mass is 9.96. The van der Waals surface area contributed by atoms with Crippen molar-refractivity contribution < 1.29 is 4.79 Å². The quantitative estimate of drug-likeness (QED) is 0.811. The van der Waals surface area contributed by atoms with Crippen molar-refractivity contribution in [3.05, 3.63) is 30.1 Å². The van der Waals surface area contributed by atoms with Crippen LogP contribution >= 0.6 is 0 Å². The van der Waals surface area contributed by atoms with Crippen LogP contribution in [0.1, 0.15) is 51.1 Å². The molecule has 0 unspecified atom stereocenters. The molecule has 1 fully saturated rings. The average Bonchev–Trinajstić information content (AvgIpc) is 2.38. The van der Waals surface area contributed by atoms with Crippen molar-refractivity contribution in [1.29, 1.82) is 0 Å². The molecule has 0 bridgehead atoms. The number of hydrogen-bond acceptors (Lipinski definition) is 2. The highest BCUT2D eigenvalue weighted by atomic mass is 16.2. The van der Waals surface area contributed by atoms with Crippen molar-refractivity contribution in [2.75, 3.05) is 13.1 Å². The smallest absolute Gasteiger partial charge is 0.317 e. The molecule has 2 rings (SSSR count). The third-order valence-corrected chi connectivity index (χ3v) is 3.89. The zero-order valence-electron chi connectivity index (χ0n) is 12.5. The minimum atomic E-state index is 0.0705. The third kappa shape index (κ3) is 3.95. The van der Waals surface area contributed by atoms with Crippen LogP contribution in [-0.4, -0.2) is 35.0 Å². The van der Waals surface area contributed by atoms with Gasteiger partial charge in [-0.05, 0) is 25.5 Å². The molecular weight excluding hydrogens is 250 g/mol. The number of carbonyl (C=O) groups is 1. The zero-order chi connectivity index (χ0) is 14.4. The summed E-state index contributed by atoms with van der Waals surface area (Å²) in [5.41, 5.74) is 1.09. The molecular formula is C16H25N3O. The van der Waals surface area contributed by atoms with Crippen LogP contribution in [0.2, 0.25) is 0 Å². The maximum atomic E-state index is 12.0. The molecule has 2 amide bonds. The number of nitrogens with one attached hydrogen (secondary N) is 1. The van der Waals surface area contributed by atoms with Crippen LogP contribution in [0.15, 0.2) is 24.4 Å². The van der Waals surface area contributed by atoms with Gasteiger partial charge < -0.3 is 10.2 Å². The maximum absolute atomic E-state index is 12.0. The molecule has 110 valence electrons. The number of rotatable bonds is 6. The first-order valence-electron chi connectivity index (χ1n) is 7.67. The summed E-state index contributed by atoms with van der Waals surface area (Å²) >= 11 is 0. The van der Waals surface area contributed by atoms with Gasteiger partial charge >= 0.3 is 6.03 Å². The van der Waals surface area contributed by atoms with Crippen molar-refractivity contribution in [3.8, 4) is 0 Å². The number of carbonyl (C=O) groups excluding carboxylic acids is 1. The molecule has 1 aliphatic rings. The Kier molecular flexibility index (Phi) is 5.39. The first-order valence-corrected chi connectivity index (χ1v) is 7.67. The number of aromatic nitrogens is 1. The molecule has 1 aromatic heterocycles. The van der Waals surface area contributed by atoms with Crippen LogP contribution in [0.25, 0.3) is 0 Å². The largest absolute Gasteiger partial charge is 0.336 e. The molecule has 0 aliphatic carbocycles. The number of unbranched alkanes of at least 4 members (excludes halogenated alkanes) is 2. The highest BCUT2D eigenvalue weighted by molar-refractivity contribution is 5.75. The zero-order valence-corrected chi connectivity index (χ0v) is 12.5. The first-order chi connectivity index (χ1) is 9.70. The minimum Gasteiger partial charge on any atom is -0.336 e. The molecule has 2 heterocycles. The Hall–Kier alpha value is -1.58. The van der Waals surface area contributed by atoms with E-state index in [4.69, 9.17) is 0 Å². The minimum absolute atomic E-state index is 0.0705. The summed E-state index contributed by atoms with van der Waals surface area (Å²) in [5, 5.41) is 3.08. The number of hydrogen-bond donors (Lipinski definition) is 1. The summed E-state index contributed by atoms with van der Waals surface area (Å²) < 4.78 is 0. The van der Waals surface area contributed by atoms with E-state index in [9.17, 15) is 4.79 Å². The summed E-state index contributed by atoms with van der Waals surface area (Å²) in [6, 6.07) is 6.29. The lowest BCUT2D eigenvalue weighted by Crippen LogP contribution is -2.54. The number of urea groups is 1. The van der Waals surface area contributed by atoms with Gasteiger partial charge in [-0.25, -0.2) is 4.79 Å². The van der Waals surface area contributed by atoms with Gasteiger partial charge in [0, 0.05) is 36.9 Å². The molecule has 0 radical (unpaired) electrons. The highest BCUT2D eigenvalue weighted by Crippen LogP contribution is 2.25. The topological polar surface area (TPSA) is 45.2 Å². The molecule has 1 saturated heterocycles. The number of amides is 2. The fourth-order valence-corrected chi connectivity index (χ4v) is 2.52. The van der Waals surface area contributed by atoms with E-state index in [1.54, 1.807) is 0 Å². The molecule has 4 heteroatoms. The van der Waals surface area contributed by atoms with Crippen LogP contribution in [0.4, 0.5) is 4.79 Å².